The fourth-order valence-electron chi connectivity index (χ4n) is 2.84. The van der Waals surface area contributed by atoms with Gasteiger partial charge in [0.2, 0.25) is 0 Å². The molecule has 0 spiro atoms. The van der Waals surface area contributed by atoms with Gasteiger partial charge in [0.05, 0.1) is 12.3 Å². The zero-order valence-electron chi connectivity index (χ0n) is 17.6. The number of hydrogen-bond donors (Lipinski definition) is 1. The van der Waals surface area contributed by atoms with Crippen LogP contribution in [-0.2, 0) is 10.3 Å². The van der Waals surface area contributed by atoms with Crippen molar-refractivity contribution in [3.05, 3.63) is 47.8 Å². The molecule has 0 aliphatic heterocycles. The molecule has 0 fully saturated rings. The summed E-state index contributed by atoms with van der Waals surface area (Å²) >= 11 is 0. The molecular weight excluding hydrogens is 368 g/mol. The van der Waals surface area contributed by atoms with E-state index >= 15 is 0 Å². The molecule has 0 saturated heterocycles. The number of nitrogens with zero attached hydrogens (tertiary/aromatic N) is 5. The van der Waals surface area contributed by atoms with Crippen molar-refractivity contribution >= 4 is 18.1 Å². The number of ether oxygens (including phenoxy) is 1. The van der Waals surface area contributed by atoms with Crippen molar-refractivity contribution < 1.29 is 9.57 Å². The minimum absolute atomic E-state index is 0.0964. The van der Waals surface area contributed by atoms with E-state index in [2.05, 4.69) is 48.0 Å². The Bertz CT molecular complexity index is 961. The van der Waals surface area contributed by atoms with Crippen LogP contribution < -0.4 is 9.80 Å². The number of anilines is 1. The summed E-state index contributed by atoms with van der Waals surface area (Å²) in [6.45, 7) is 11.0. The van der Waals surface area contributed by atoms with E-state index in [1.807, 2.05) is 32.0 Å². The molecule has 0 aliphatic carbocycles. The van der Waals surface area contributed by atoms with Gasteiger partial charge < -0.3 is 4.74 Å². The molecule has 154 valence electrons. The van der Waals surface area contributed by atoms with Gasteiger partial charge in [-0.15, -0.1) is 5.10 Å². The Hall–Kier alpha value is -3.00. The summed E-state index contributed by atoms with van der Waals surface area (Å²) in [5, 5.41) is 13.2. The molecule has 0 amide bonds. The van der Waals surface area contributed by atoms with Crippen LogP contribution in [0.1, 0.15) is 58.4 Å². The Kier molecular flexibility index (Phi) is 6.12. The summed E-state index contributed by atoms with van der Waals surface area (Å²) in [5.74, 6) is 1.46. The van der Waals surface area contributed by atoms with Crippen molar-refractivity contribution in [3.8, 4) is 5.75 Å². The van der Waals surface area contributed by atoms with Crippen molar-refractivity contribution in [2.45, 2.75) is 52.6 Å². The van der Waals surface area contributed by atoms with Crippen LogP contribution in [0.4, 0.5) is 5.95 Å². The van der Waals surface area contributed by atoms with Gasteiger partial charge in [-0.3, -0.25) is 10.2 Å². The van der Waals surface area contributed by atoms with Crippen LogP contribution >= 0.6 is 0 Å². The Balaban J connectivity index is 1.84. The molecule has 0 saturated carbocycles. The van der Waals surface area contributed by atoms with Gasteiger partial charge in [0.1, 0.15) is 18.2 Å². The van der Waals surface area contributed by atoms with E-state index in [-0.39, 0.29) is 17.5 Å². The van der Waals surface area contributed by atoms with E-state index in [0.717, 1.165) is 24.2 Å². The molecule has 1 N–H and O–H groups in total. The number of benzene rings is 1. The summed E-state index contributed by atoms with van der Waals surface area (Å²) in [5.41, 5.74) is 2.15. The maximum atomic E-state index is 7.54. The molecule has 1 unspecified atom stereocenters. The summed E-state index contributed by atoms with van der Waals surface area (Å²) in [6.07, 6.45) is 3.26. The number of rotatable bonds is 8. The van der Waals surface area contributed by atoms with Crippen LogP contribution in [0.3, 0.4) is 0 Å². The molecule has 3 aromatic rings. The van der Waals surface area contributed by atoms with Crippen LogP contribution in [-0.4, -0.2) is 32.5 Å². The number of aromatic nitrogens is 4. The minimum atomic E-state index is -0.277. The lowest BCUT2D eigenvalue weighted by Gasteiger charge is -2.20. The van der Waals surface area contributed by atoms with Crippen LogP contribution in [0, 0.1) is 5.41 Å². The van der Waals surface area contributed by atoms with E-state index < -0.39 is 0 Å². The third-order valence-corrected chi connectivity index (χ3v) is 4.46. The second-order valence-corrected chi connectivity index (χ2v) is 7.82. The van der Waals surface area contributed by atoms with Crippen molar-refractivity contribution in [3.63, 3.8) is 0 Å². The SMILES string of the molecule is CCCON(C=N)c1nc2nccc(C(C)Oc3ccc(C(C)(C)C)cc3)n2n1. The van der Waals surface area contributed by atoms with Crippen molar-refractivity contribution in [2.24, 2.45) is 0 Å². The highest BCUT2D eigenvalue weighted by Crippen LogP contribution is 2.27. The summed E-state index contributed by atoms with van der Waals surface area (Å²) < 4.78 is 7.75. The first-order chi connectivity index (χ1) is 13.8. The highest BCUT2D eigenvalue weighted by molar-refractivity contribution is 5.70. The van der Waals surface area contributed by atoms with Crippen LogP contribution in [0.5, 0.6) is 5.75 Å². The Morgan fingerprint density at radius 1 is 1.21 bits per heavy atom. The Morgan fingerprint density at radius 3 is 2.55 bits per heavy atom. The van der Waals surface area contributed by atoms with E-state index in [1.165, 1.54) is 10.6 Å². The average molecular weight is 396 g/mol. The maximum Gasteiger partial charge on any atom is 0.276 e. The lowest BCUT2D eigenvalue weighted by molar-refractivity contribution is 0.142. The predicted molar refractivity (Wildman–Crippen MR) is 112 cm³/mol. The van der Waals surface area contributed by atoms with E-state index in [9.17, 15) is 0 Å². The summed E-state index contributed by atoms with van der Waals surface area (Å²) in [6, 6.07) is 9.99. The van der Waals surface area contributed by atoms with Crippen molar-refractivity contribution in [1.82, 2.24) is 19.6 Å². The molecular formula is C21H28N6O2. The van der Waals surface area contributed by atoms with E-state index in [1.54, 1.807) is 10.7 Å². The van der Waals surface area contributed by atoms with E-state index in [0.29, 0.717) is 12.4 Å². The second kappa shape index (κ2) is 8.57. The van der Waals surface area contributed by atoms with Gasteiger partial charge in [-0.1, -0.05) is 39.8 Å². The number of nitrogens with one attached hydrogen (secondary N) is 1. The van der Waals surface area contributed by atoms with Crippen molar-refractivity contribution in [2.75, 3.05) is 11.7 Å². The Morgan fingerprint density at radius 2 is 1.93 bits per heavy atom. The minimum Gasteiger partial charge on any atom is -0.484 e. The Labute approximate surface area is 171 Å². The first-order valence-corrected chi connectivity index (χ1v) is 9.75. The highest BCUT2D eigenvalue weighted by atomic mass is 16.7. The molecule has 0 radical (unpaired) electrons. The molecule has 8 nitrogen and oxygen atoms in total. The molecule has 1 atom stereocenters. The van der Waals surface area contributed by atoms with Crippen LogP contribution in [0.25, 0.3) is 5.78 Å². The van der Waals surface area contributed by atoms with Gasteiger partial charge >= 0.3 is 0 Å². The lowest BCUT2D eigenvalue weighted by atomic mass is 9.87. The van der Waals surface area contributed by atoms with Gasteiger partial charge in [-0.05, 0) is 42.5 Å². The van der Waals surface area contributed by atoms with Crippen molar-refractivity contribution in [1.29, 1.82) is 5.41 Å². The molecule has 8 heteroatoms. The predicted octanol–water partition coefficient (Wildman–Crippen LogP) is 4.32. The first kappa shape index (κ1) is 20.7. The zero-order chi connectivity index (χ0) is 21.0. The fraction of sp³-hybridized carbons (Fsp3) is 0.429. The fourth-order valence-corrected chi connectivity index (χ4v) is 2.84. The molecule has 1 aromatic carbocycles. The average Bonchev–Trinajstić information content (AvgIpc) is 3.12. The van der Waals surface area contributed by atoms with Gasteiger partial charge in [0, 0.05) is 6.20 Å². The van der Waals surface area contributed by atoms with Crippen LogP contribution in [0.15, 0.2) is 36.5 Å². The third-order valence-electron chi connectivity index (χ3n) is 4.46. The molecule has 0 bridgehead atoms. The monoisotopic (exact) mass is 396 g/mol. The standard InChI is InChI=1S/C21H28N6O2/c1-6-13-28-26(14-22)20-24-19-23-12-11-18(27(19)25-20)15(2)29-17-9-7-16(8-10-17)21(3,4)5/h7-12,14-15,22H,6,13H2,1-5H3. The molecule has 3 rings (SSSR count). The molecule has 2 aromatic heterocycles. The quantitative estimate of drug-likeness (QED) is 0.347. The first-order valence-electron chi connectivity index (χ1n) is 9.75. The summed E-state index contributed by atoms with van der Waals surface area (Å²) in [4.78, 5) is 14.1. The van der Waals surface area contributed by atoms with Gasteiger partial charge in [-0.25, -0.2) is 4.98 Å². The molecule has 29 heavy (non-hydrogen) atoms. The normalized spacial score (nSPS) is 12.7. The topological polar surface area (TPSA) is 88.6 Å². The molecule has 2 heterocycles. The highest BCUT2D eigenvalue weighted by Gasteiger charge is 2.19. The second-order valence-electron chi connectivity index (χ2n) is 7.82. The third kappa shape index (κ3) is 4.71. The number of hydroxylamine groups is 1. The van der Waals surface area contributed by atoms with Gasteiger partial charge in [0.15, 0.2) is 0 Å². The molecule has 0 aliphatic rings. The number of hydrogen-bond acceptors (Lipinski definition) is 6. The van der Waals surface area contributed by atoms with Crippen LogP contribution in [0.2, 0.25) is 0 Å². The smallest absolute Gasteiger partial charge is 0.276 e. The maximum absolute atomic E-state index is 7.54. The van der Waals surface area contributed by atoms with Gasteiger partial charge in [-0.2, -0.15) is 14.6 Å². The summed E-state index contributed by atoms with van der Waals surface area (Å²) in [7, 11) is 0. The van der Waals surface area contributed by atoms with Gasteiger partial charge in [0.25, 0.3) is 11.7 Å². The number of fused-ring (bicyclic) bond motifs is 1. The lowest BCUT2D eigenvalue weighted by Crippen LogP contribution is -2.23. The van der Waals surface area contributed by atoms with E-state index in [4.69, 9.17) is 15.0 Å². The zero-order valence-corrected chi connectivity index (χ0v) is 17.6. The largest absolute Gasteiger partial charge is 0.484 e.